The van der Waals surface area contributed by atoms with Crippen LogP contribution in [-0.4, -0.2) is 11.2 Å². The number of hydrogen-bond acceptors (Lipinski definition) is 2. The van der Waals surface area contributed by atoms with E-state index in [1.807, 2.05) is 0 Å². The molecular formula is C13H19ClFNO. The van der Waals surface area contributed by atoms with Crippen molar-refractivity contribution < 1.29 is 9.50 Å². The highest BCUT2D eigenvalue weighted by molar-refractivity contribution is 6.30. The lowest BCUT2D eigenvalue weighted by molar-refractivity contribution is 0.127. The van der Waals surface area contributed by atoms with Crippen molar-refractivity contribution in [1.82, 2.24) is 0 Å². The maximum atomic E-state index is 13.6. The van der Waals surface area contributed by atoms with E-state index >= 15 is 0 Å². The number of benzene rings is 1. The van der Waals surface area contributed by atoms with Gasteiger partial charge in [0.15, 0.2) is 0 Å². The molecule has 0 aliphatic heterocycles. The second kappa shape index (κ2) is 6.34. The minimum absolute atomic E-state index is 0.311. The summed E-state index contributed by atoms with van der Waals surface area (Å²) < 4.78 is 13.6. The molecule has 17 heavy (non-hydrogen) atoms. The molecule has 1 aromatic rings. The van der Waals surface area contributed by atoms with Crippen molar-refractivity contribution in [2.24, 2.45) is 11.7 Å². The molecule has 0 spiro atoms. The highest BCUT2D eigenvalue weighted by Gasteiger charge is 2.20. The Morgan fingerprint density at radius 2 is 2.00 bits per heavy atom. The third-order valence-electron chi connectivity index (χ3n) is 2.78. The molecule has 0 heterocycles. The largest absolute Gasteiger partial charge is 0.391 e. The third-order valence-corrected chi connectivity index (χ3v) is 3.01. The normalized spacial score (nSPS) is 15.0. The molecule has 0 saturated heterocycles. The minimum Gasteiger partial charge on any atom is -0.391 e. The molecule has 2 atom stereocenters. The monoisotopic (exact) mass is 259 g/mol. The summed E-state index contributed by atoms with van der Waals surface area (Å²) >= 11 is 5.66. The van der Waals surface area contributed by atoms with Crippen LogP contribution in [0.1, 0.15) is 38.3 Å². The quantitative estimate of drug-likeness (QED) is 0.853. The second-order valence-corrected chi connectivity index (χ2v) is 5.17. The summed E-state index contributed by atoms with van der Waals surface area (Å²) in [6.45, 7) is 4.14. The number of halogens is 2. The summed E-state index contributed by atoms with van der Waals surface area (Å²) in [5, 5.41) is 10.2. The molecule has 96 valence electrons. The van der Waals surface area contributed by atoms with Gasteiger partial charge >= 0.3 is 0 Å². The Bertz CT molecular complexity index is 370. The first kappa shape index (κ1) is 14.4. The third kappa shape index (κ3) is 4.26. The van der Waals surface area contributed by atoms with E-state index in [9.17, 15) is 9.50 Å². The molecule has 1 rings (SSSR count). The van der Waals surface area contributed by atoms with Crippen LogP contribution in [0.5, 0.6) is 0 Å². The van der Waals surface area contributed by atoms with Crippen molar-refractivity contribution in [1.29, 1.82) is 0 Å². The first-order valence-electron chi connectivity index (χ1n) is 5.80. The van der Waals surface area contributed by atoms with Crippen LogP contribution in [0.2, 0.25) is 5.02 Å². The maximum absolute atomic E-state index is 13.6. The first-order valence-corrected chi connectivity index (χ1v) is 6.18. The summed E-state index contributed by atoms with van der Waals surface area (Å²) in [4.78, 5) is 0. The zero-order valence-corrected chi connectivity index (χ0v) is 10.9. The summed E-state index contributed by atoms with van der Waals surface area (Å²) in [7, 11) is 0. The molecule has 1 aromatic carbocycles. The fourth-order valence-electron chi connectivity index (χ4n) is 1.66. The molecule has 0 saturated carbocycles. The molecule has 2 nitrogen and oxygen atoms in total. The van der Waals surface area contributed by atoms with Gasteiger partial charge in [0, 0.05) is 10.6 Å². The molecule has 0 bridgehead atoms. The smallest absolute Gasteiger partial charge is 0.129 e. The average molecular weight is 260 g/mol. The second-order valence-electron chi connectivity index (χ2n) is 4.73. The van der Waals surface area contributed by atoms with Gasteiger partial charge in [-0.2, -0.15) is 0 Å². The van der Waals surface area contributed by atoms with Crippen LogP contribution in [0.3, 0.4) is 0 Å². The summed E-state index contributed by atoms with van der Waals surface area (Å²) in [6, 6.07) is 3.62. The number of nitrogens with two attached hydrogens (primary N) is 1. The number of aliphatic hydroxyl groups is 1. The SMILES string of the molecule is CC(C)CC[C@@H](O)[C@@H](N)c1ccc(Cl)cc1F. The summed E-state index contributed by atoms with van der Waals surface area (Å²) in [5.41, 5.74) is 6.15. The predicted molar refractivity (Wildman–Crippen MR) is 68.4 cm³/mol. The van der Waals surface area contributed by atoms with Gasteiger partial charge in [-0.25, -0.2) is 4.39 Å². The van der Waals surface area contributed by atoms with E-state index in [4.69, 9.17) is 17.3 Å². The first-order chi connectivity index (χ1) is 7.91. The fraction of sp³-hybridized carbons (Fsp3) is 0.538. The van der Waals surface area contributed by atoms with Gasteiger partial charge in [0.1, 0.15) is 5.82 Å². The van der Waals surface area contributed by atoms with Gasteiger partial charge < -0.3 is 10.8 Å². The van der Waals surface area contributed by atoms with Crippen molar-refractivity contribution in [3.63, 3.8) is 0 Å². The molecule has 0 aromatic heterocycles. The van der Waals surface area contributed by atoms with Crippen LogP contribution in [0.4, 0.5) is 4.39 Å². The molecule has 0 aliphatic rings. The lowest BCUT2D eigenvalue weighted by atomic mass is 9.96. The standard InChI is InChI=1S/C13H19ClFNO/c1-8(2)3-6-12(17)13(16)10-5-4-9(14)7-11(10)15/h4-5,7-8,12-13,17H,3,6,16H2,1-2H3/t12-,13+/m1/s1. The van der Waals surface area contributed by atoms with Gasteiger partial charge in [-0.15, -0.1) is 0 Å². The van der Waals surface area contributed by atoms with E-state index in [0.717, 1.165) is 6.42 Å². The molecule has 0 radical (unpaired) electrons. The van der Waals surface area contributed by atoms with Crippen LogP contribution in [0.25, 0.3) is 0 Å². The Labute approximate surface area is 107 Å². The topological polar surface area (TPSA) is 46.2 Å². The van der Waals surface area contributed by atoms with Gasteiger partial charge in [-0.1, -0.05) is 31.5 Å². The highest BCUT2D eigenvalue weighted by atomic mass is 35.5. The zero-order valence-electron chi connectivity index (χ0n) is 10.2. The number of rotatable bonds is 5. The fourth-order valence-corrected chi connectivity index (χ4v) is 1.82. The van der Waals surface area contributed by atoms with Crippen LogP contribution in [0, 0.1) is 11.7 Å². The molecule has 0 amide bonds. The number of aliphatic hydroxyl groups excluding tert-OH is 1. The van der Waals surface area contributed by atoms with Crippen molar-refractivity contribution in [3.8, 4) is 0 Å². The van der Waals surface area contributed by atoms with Gasteiger partial charge in [-0.3, -0.25) is 0 Å². The van der Waals surface area contributed by atoms with Crippen molar-refractivity contribution in [2.75, 3.05) is 0 Å². The molecule has 3 N–H and O–H groups in total. The Kier molecular flexibility index (Phi) is 5.37. The Morgan fingerprint density at radius 3 is 2.53 bits per heavy atom. The number of hydrogen-bond donors (Lipinski definition) is 2. The Morgan fingerprint density at radius 1 is 1.35 bits per heavy atom. The van der Waals surface area contributed by atoms with Crippen molar-refractivity contribution in [2.45, 2.75) is 38.8 Å². The molecule has 0 fully saturated rings. The van der Waals surface area contributed by atoms with E-state index in [0.29, 0.717) is 22.9 Å². The van der Waals surface area contributed by atoms with E-state index in [1.165, 1.54) is 12.1 Å². The molecule has 4 heteroatoms. The minimum atomic E-state index is -0.729. The van der Waals surface area contributed by atoms with Crippen LogP contribution in [0.15, 0.2) is 18.2 Å². The van der Waals surface area contributed by atoms with Crippen molar-refractivity contribution >= 4 is 11.6 Å². The van der Waals surface area contributed by atoms with E-state index in [-0.39, 0.29) is 0 Å². The van der Waals surface area contributed by atoms with Crippen molar-refractivity contribution in [3.05, 3.63) is 34.6 Å². The van der Waals surface area contributed by atoms with Crippen LogP contribution >= 0.6 is 11.6 Å². The van der Waals surface area contributed by atoms with Gasteiger partial charge in [0.25, 0.3) is 0 Å². The van der Waals surface area contributed by atoms with E-state index in [1.54, 1.807) is 6.07 Å². The van der Waals surface area contributed by atoms with Crippen LogP contribution < -0.4 is 5.73 Å². The summed E-state index contributed by atoms with van der Waals surface area (Å²) in [6.07, 6.45) is 0.707. The van der Waals surface area contributed by atoms with E-state index in [2.05, 4.69) is 13.8 Å². The maximum Gasteiger partial charge on any atom is 0.129 e. The Hall–Kier alpha value is -0.640. The average Bonchev–Trinajstić information content (AvgIpc) is 2.25. The van der Waals surface area contributed by atoms with Crippen LogP contribution in [-0.2, 0) is 0 Å². The predicted octanol–water partition coefficient (Wildman–Crippen LogP) is 3.28. The molecular weight excluding hydrogens is 241 g/mol. The Balaban J connectivity index is 2.71. The zero-order chi connectivity index (χ0) is 13.0. The van der Waals surface area contributed by atoms with E-state index < -0.39 is 18.0 Å². The summed E-state index contributed by atoms with van der Waals surface area (Å²) in [5.74, 6) is 0.0283. The molecule has 0 aliphatic carbocycles. The molecule has 0 unspecified atom stereocenters. The van der Waals surface area contributed by atoms with Gasteiger partial charge in [-0.05, 0) is 30.9 Å². The van der Waals surface area contributed by atoms with Gasteiger partial charge in [0.2, 0.25) is 0 Å². The lowest BCUT2D eigenvalue weighted by Gasteiger charge is -2.20. The lowest BCUT2D eigenvalue weighted by Crippen LogP contribution is -2.27. The highest BCUT2D eigenvalue weighted by Crippen LogP contribution is 2.24. The van der Waals surface area contributed by atoms with Gasteiger partial charge in [0.05, 0.1) is 12.1 Å².